The average molecular weight is 334 g/mol. The minimum absolute atomic E-state index is 0.0169. The Hall–Kier alpha value is -0.940. The molecule has 4 nitrogen and oxygen atoms in total. The Labute approximate surface area is 144 Å². The predicted molar refractivity (Wildman–Crippen MR) is 93.3 cm³/mol. The summed E-state index contributed by atoms with van der Waals surface area (Å²) in [7, 11) is 0. The van der Waals surface area contributed by atoms with Crippen molar-refractivity contribution in [1.29, 1.82) is 0 Å². The maximum atomic E-state index is 10.4. The van der Waals surface area contributed by atoms with Gasteiger partial charge in [-0.15, -0.1) is 0 Å². The van der Waals surface area contributed by atoms with Crippen LogP contribution in [0, 0.1) is 11.8 Å². The van der Waals surface area contributed by atoms with Gasteiger partial charge in [-0.2, -0.15) is 0 Å². The number of aliphatic hydroxyl groups is 2. The normalized spacial score (nSPS) is 43.2. The fraction of sp³-hybridized carbons (Fsp3) is 0.700. The Morgan fingerprint density at radius 2 is 2.08 bits per heavy atom. The van der Waals surface area contributed by atoms with E-state index in [0.717, 1.165) is 24.8 Å². The quantitative estimate of drug-likeness (QED) is 0.602. The summed E-state index contributed by atoms with van der Waals surface area (Å²) in [6.45, 7) is 10.9. The number of epoxide rings is 1. The summed E-state index contributed by atoms with van der Waals surface area (Å²) < 4.78 is 11.3. The van der Waals surface area contributed by atoms with Gasteiger partial charge in [-0.1, -0.05) is 29.9 Å². The number of aliphatic hydroxyl groups excluding tert-OH is 2. The van der Waals surface area contributed by atoms with Crippen molar-refractivity contribution in [1.82, 2.24) is 0 Å². The van der Waals surface area contributed by atoms with Crippen LogP contribution in [-0.4, -0.2) is 40.9 Å². The third-order valence-corrected chi connectivity index (χ3v) is 5.67. The molecule has 2 aliphatic heterocycles. The highest BCUT2D eigenvalue weighted by atomic mass is 16.6. The summed E-state index contributed by atoms with van der Waals surface area (Å²) in [6, 6.07) is 0. The van der Waals surface area contributed by atoms with Crippen molar-refractivity contribution in [2.45, 2.75) is 70.6 Å². The second-order valence-electron chi connectivity index (χ2n) is 8.04. The zero-order valence-electron chi connectivity index (χ0n) is 15.0. The molecule has 2 saturated heterocycles. The van der Waals surface area contributed by atoms with E-state index in [4.69, 9.17) is 9.47 Å². The Morgan fingerprint density at radius 1 is 1.38 bits per heavy atom. The monoisotopic (exact) mass is 334 g/mol. The lowest BCUT2D eigenvalue weighted by Crippen LogP contribution is -2.39. The van der Waals surface area contributed by atoms with E-state index >= 15 is 0 Å². The summed E-state index contributed by atoms with van der Waals surface area (Å²) in [4.78, 5) is 0. The molecule has 2 unspecified atom stereocenters. The van der Waals surface area contributed by atoms with Crippen LogP contribution >= 0.6 is 0 Å². The highest BCUT2D eigenvalue weighted by Gasteiger charge is 2.47. The number of allylic oxidation sites excluding steroid dienone is 1. The SMILES string of the molecule is C=C1C[C@@H](O)/C=C(\C)CCC2/C(=C\CC3OC3(C)C)CO[C@H](O)[C@@H]12. The molecule has 2 fully saturated rings. The van der Waals surface area contributed by atoms with Crippen LogP contribution in [0.4, 0.5) is 0 Å². The van der Waals surface area contributed by atoms with Crippen molar-refractivity contribution in [2.24, 2.45) is 11.8 Å². The van der Waals surface area contributed by atoms with Gasteiger partial charge in [0, 0.05) is 5.92 Å². The molecule has 4 heteroatoms. The van der Waals surface area contributed by atoms with Crippen LogP contribution in [-0.2, 0) is 9.47 Å². The minimum Gasteiger partial charge on any atom is -0.389 e. The molecular weight excluding hydrogens is 304 g/mol. The molecular formula is C20H30O4. The van der Waals surface area contributed by atoms with Crippen LogP contribution in [0.2, 0.25) is 0 Å². The van der Waals surface area contributed by atoms with Gasteiger partial charge in [0.1, 0.15) is 0 Å². The van der Waals surface area contributed by atoms with Crippen LogP contribution in [0.3, 0.4) is 0 Å². The topological polar surface area (TPSA) is 62.2 Å². The van der Waals surface area contributed by atoms with E-state index in [2.05, 4.69) is 33.4 Å². The summed E-state index contributed by atoms with van der Waals surface area (Å²) in [5.74, 6) is 0.0730. The van der Waals surface area contributed by atoms with Crippen molar-refractivity contribution >= 4 is 0 Å². The summed E-state index contributed by atoms with van der Waals surface area (Å²) in [6.07, 6.45) is 6.29. The number of ether oxygens (including phenoxy) is 2. The van der Waals surface area contributed by atoms with E-state index in [1.165, 1.54) is 11.1 Å². The van der Waals surface area contributed by atoms with E-state index in [9.17, 15) is 10.2 Å². The van der Waals surface area contributed by atoms with Gasteiger partial charge in [0.2, 0.25) is 0 Å². The number of hydrogen-bond acceptors (Lipinski definition) is 4. The summed E-state index contributed by atoms with van der Waals surface area (Å²) in [5.41, 5.74) is 3.29. The maximum Gasteiger partial charge on any atom is 0.162 e. The fourth-order valence-electron chi connectivity index (χ4n) is 4.06. The third-order valence-electron chi connectivity index (χ3n) is 5.67. The molecule has 3 rings (SSSR count). The van der Waals surface area contributed by atoms with E-state index in [1.807, 2.05) is 6.08 Å². The van der Waals surface area contributed by atoms with Crippen LogP contribution in [0.15, 0.2) is 35.5 Å². The van der Waals surface area contributed by atoms with Gasteiger partial charge in [0.05, 0.1) is 24.4 Å². The van der Waals surface area contributed by atoms with E-state index in [-0.39, 0.29) is 23.5 Å². The molecule has 2 N–H and O–H groups in total. The lowest BCUT2D eigenvalue weighted by Gasteiger charge is -2.39. The molecule has 2 heterocycles. The van der Waals surface area contributed by atoms with E-state index < -0.39 is 12.4 Å². The lowest BCUT2D eigenvalue weighted by molar-refractivity contribution is -0.149. The Balaban J connectivity index is 1.81. The second kappa shape index (κ2) is 6.75. The number of hydrogen-bond donors (Lipinski definition) is 2. The zero-order chi connectivity index (χ0) is 17.5. The van der Waals surface area contributed by atoms with Gasteiger partial charge in [-0.25, -0.2) is 0 Å². The largest absolute Gasteiger partial charge is 0.389 e. The first kappa shape index (κ1) is 17.9. The van der Waals surface area contributed by atoms with Gasteiger partial charge in [0.15, 0.2) is 6.29 Å². The van der Waals surface area contributed by atoms with Crippen molar-refractivity contribution in [3.8, 4) is 0 Å². The molecule has 0 radical (unpaired) electrons. The molecule has 0 bridgehead atoms. The molecule has 134 valence electrons. The molecule has 0 spiro atoms. The molecule has 0 aromatic heterocycles. The Kier molecular flexibility index (Phi) is 5.03. The van der Waals surface area contributed by atoms with Crippen molar-refractivity contribution in [2.75, 3.05) is 6.61 Å². The highest BCUT2D eigenvalue weighted by molar-refractivity contribution is 5.23. The molecule has 0 saturated carbocycles. The van der Waals surface area contributed by atoms with Gasteiger partial charge < -0.3 is 19.7 Å². The van der Waals surface area contributed by atoms with Crippen LogP contribution in [0.25, 0.3) is 0 Å². The standard InChI is InChI=1S/C20H30O4/c1-12-5-7-16-14(6-8-17-20(3,4)24-17)11-23-19(22)18(16)13(2)10-15(21)9-12/h6,9,15-19,21-22H,2,5,7-8,10-11H2,1,3-4H3/b12-9+,14-6-/t15-,16?,17?,18-,19-/m0/s1. The fourth-order valence-corrected chi connectivity index (χ4v) is 4.06. The molecule has 24 heavy (non-hydrogen) atoms. The van der Waals surface area contributed by atoms with E-state index in [1.54, 1.807) is 0 Å². The molecule has 1 aliphatic carbocycles. The molecule has 3 aliphatic rings. The summed E-state index contributed by atoms with van der Waals surface area (Å²) >= 11 is 0. The van der Waals surface area contributed by atoms with Crippen LogP contribution < -0.4 is 0 Å². The van der Waals surface area contributed by atoms with Crippen molar-refractivity contribution < 1.29 is 19.7 Å². The number of rotatable bonds is 2. The van der Waals surface area contributed by atoms with Gasteiger partial charge in [-0.3, -0.25) is 0 Å². The van der Waals surface area contributed by atoms with E-state index in [0.29, 0.717) is 13.0 Å². The minimum atomic E-state index is -0.834. The first-order chi connectivity index (χ1) is 11.3. The molecule has 0 amide bonds. The second-order valence-corrected chi connectivity index (χ2v) is 8.04. The van der Waals surface area contributed by atoms with Crippen molar-refractivity contribution in [3.63, 3.8) is 0 Å². The lowest BCUT2D eigenvalue weighted by atomic mass is 9.75. The van der Waals surface area contributed by atoms with Crippen LogP contribution in [0.1, 0.15) is 46.5 Å². The Morgan fingerprint density at radius 3 is 2.75 bits per heavy atom. The smallest absolute Gasteiger partial charge is 0.162 e. The predicted octanol–water partition coefficient (Wildman–Crippen LogP) is 3.11. The average Bonchev–Trinajstić information content (AvgIpc) is 3.08. The molecule has 0 aromatic rings. The zero-order valence-corrected chi connectivity index (χ0v) is 15.0. The van der Waals surface area contributed by atoms with Gasteiger partial charge in [-0.05, 0) is 57.9 Å². The summed E-state index contributed by atoms with van der Waals surface area (Å²) in [5, 5.41) is 20.6. The first-order valence-electron chi connectivity index (χ1n) is 8.97. The van der Waals surface area contributed by atoms with Crippen LogP contribution in [0.5, 0.6) is 0 Å². The highest BCUT2D eigenvalue weighted by Crippen LogP contribution is 2.43. The maximum absolute atomic E-state index is 10.4. The van der Waals surface area contributed by atoms with Gasteiger partial charge >= 0.3 is 0 Å². The third kappa shape index (κ3) is 3.83. The van der Waals surface area contributed by atoms with Gasteiger partial charge in [0.25, 0.3) is 0 Å². The first-order valence-corrected chi connectivity index (χ1v) is 8.97. The number of fused-ring (bicyclic) bond motifs is 1. The molecule has 0 aromatic carbocycles. The Bertz CT molecular complexity index is 560. The molecule has 5 atom stereocenters. The van der Waals surface area contributed by atoms with Crippen molar-refractivity contribution in [3.05, 3.63) is 35.5 Å².